The molecule has 9 heteroatoms. The zero-order chi connectivity index (χ0) is 28.7. The summed E-state index contributed by atoms with van der Waals surface area (Å²) in [5.41, 5.74) is 1.05. The van der Waals surface area contributed by atoms with Crippen molar-refractivity contribution in [3.05, 3.63) is 94.0 Å². The smallest absolute Gasteiger partial charge is 0.416 e. The van der Waals surface area contributed by atoms with Crippen molar-refractivity contribution >= 4 is 39.3 Å². The van der Waals surface area contributed by atoms with Gasteiger partial charge in [0.2, 0.25) is 0 Å². The first kappa shape index (κ1) is 29.1. The minimum Gasteiger partial charge on any atom is -0.492 e. The zero-order valence-corrected chi connectivity index (χ0v) is 23.2. The van der Waals surface area contributed by atoms with Crippen LogP contribution in [0.5, 0.6) is 5.75 Å². The van der Waals surface area contributed by atoms with Crippen LogP contribution < -0.4 is 9.64 Å². The third kappa shape index (κ3) is 7.01. The number of allylic oxidation sites excluding steroid dienone is 1. The second-order valence-electron chi connectivity index (χ2n) is 9.26. The summed E-state index contributed by atoms with van der Waals surface area (Å²) in [6.07, 6.45) is 1.91. The lowest BCUT2D eigenvalue weighted by Gasteiger charge is -2.22. The van der Waals surface area contributed by atoms with Gasteiger partial charge in [0.15, 0.2) is 5.13 Å². The Morgan fingerprint density at radius 2 is 1.82 bits per heavy atom. The van der Waals surface area contributed by atoms with Crippen LogP contribution in [0.4, 0.5) is 18.3 Å². The lowest BCUT2D eigenvalue weighted by atomic mass is 10.1. The molecule has 40 heavy (non-hydrogen) atoms. The summed E-state index contributed by atoms with van der Waals surface area (Å²) in [7, 11) is 0. The molecule has 1 heterocycles. The SMILES string of the molecule is CC/C=C\c1nc(N(CCCOc2c(C(=O)O)ccc3ccccc23)Cc2ccc(C(F)(F)F)cc2)sc1CC. The summed E-state index contributed by atoms with van der Waals surface area (Å²) in [5, 5.41) is 12.1. The Labute approximate surface area is 235 Å². The number of halogens is 3. The predicted octanol–water partition coefficient (Wildman–Crippen LogP) is 8.47. The third-order valence-corrected chi connectivity index (χ3v) is 7.68. The number of aromatic carboxylic acids is 1. The van der Waals surface area contributed by atoms with Crippen LogP contribution >= 0.6 is 11.3 Å². The maximum atomic E-state index is 13.1. The number of thiazole rings is 1. The van der Waals surface area contributed by atoms with Crippen LogP contribution in [0.3, 0.4) is 0 Å². The first-order chi connectivity index (χ1) is 19.2. The highest BCUT2D eigenvalue weighted by Crippen LogP contribution is 2.33. The minimum atomic E-state index is -4.39. The van der Waals surface area contributed by atoms with E-state index in [2.05, 4.69) is 19.9 Å². The standard InChI is InChI=1S/C31H31F3N2O3S/c1-3-5-11-26-27(4-2)40-30(35-26)36(20-21-12-15-23(16-13-21)31(32,33)34)18-8-19-39-28-24-10-7-6-9-22(24)14-17-25(28)29(37)38/h5-7,9-17H,3-4,8,18-20H2,1-2H3,(H,37,38)/b11-5-. The fourth-order valence-electron chi connectivity index (χ4n) is 4.36. The number of aryl methyl sites for hydroxylation is 1. The molecule has 0 atom stereocenters. The van der Waals surface area contributed by atoms with Crippen LogP contribution in [-0.4, -0.2) is 29.2 Å². The van der Waals surface area contributed by atoms with E-state index in [-0.39, 0.29) is 12.2 Å². The average Bonchev–Trinajstić information content (AvgIpc) is 3.36. The Bertz CT molecular complexity index is 1480. The molecule has 1 aromatic heterocycles. The summed E-state index contributed by atoms with van der Waals surface area (Å²) in [6, 6.07) is 15.9. The van der Waals surface area contributed by atoms with Gasteiger partial charge in [0, 0.05) is 23.4 Å². The van der Waals surface area contributed by atoms with Gasteiger partial charge in [-0.05, 0) is 54.5 Å². The number of benzene rings is 3. The first-order valence-corrected chi connectivity index (χ1v) is 14.0. The number of carboxylic acids is 1. The molecule has 4 aromatic rings. The summed E-state index contributed by atoms with van der Waals surface area (Å²) in [5.74, 6) is -0.735. The number of alkyl halides is 3. The molecule has 210 valence electrons. The maximum absolute atomic E-state index is 13.1. The van der Waals surface area contributed by atoms with E-state index in [1.54, 1.807) is 23.5 Å². The Hall–Kier alpha value is -3.85. The van der Waals surface area contributed by atoms with E-state index in [0.29, 0.717) is 25.3 Å². The minimum absolute atomic E-state index is 0.0974. The lowest BCUT2D eigenvalue weighted by Crippen LogP contribution is -2.25. The number of hydrogen-bond donors (Lipinski definition) is 1. The largest absolute Gasteiger partial charge is 0.492 e. The molecule has 0 aliphatic rings. The van der Waals surface area contributed by atoms with Gasteiger partial charge in [-0.2, -0.15) is 13.2 Å². The van der Waals surface area contributed by atoms with Gasteiger partial charge in [0.05, 0.1) is 17.9 Å². The van der Waals surface area contributed by atoms with Gasteiger partial charge in [-0.1, -0.05) is 62.4 Å². The molecule has 0 saturated carbocycles. The van der Waals surface area contributed by atoms with Crippen molar-refractivity contribution in [2.45, 2.75) is 45.8 Å². The Morgan fingerprint density at radius 1 is 1.07 bits per heavy atom. The first-order valence-electron chi connectivity index (χ1n) is 13.2. The molecule has 0 fully saturated rings. The van der Waals surface area contributed by atoms with Crippen LogP contribution in [0.15, 0.2) is 66.7 Å². The van der Waals surface area contributed by atoms with E-state index in [0.717, 1.165) is 57.0 Å². The van der Waals surface area contributed by atoms with Crippen molar-refractivity contribution < 1.29 is 27.8 Å². The molecule has 4 rings (SSSR count). The average molecular weight is 569 g/mol. The van der Waals surface area contributed by atoms with Gasteiger partial charge in [0.1, 0.15) is 11.3 Å². The number of nitrogens with zero attached hydrogens (tertiary/aromatic N) is 2. The maximum Gasteiger partial charge on any atom is 0.416 e. The highest BCUT2D eigenvalue weighted by Gasteiger charge is 2.30. The van der Waals surface area contributed by atoms with Crippen LogP contribution in [0, 0.1) is 0 Å². The summed E-state index contributed by atoms with van der Waals surface area (Å²) in [4.78, 5) is 19.9. The summed E-state index contributed by atoms with van der Waals surface area (Å²) < 4.78 is 45.3. The third-order valence-electron chi connectivity index (χ3n) is 6.40. The molecule has 0 radical (unpaired) electrons. The molecular formula is C31H31F3N2O3S. The lowest BCUT2D eigenvalue weighted by molar-refractivity contribution is -0.137. The van der Waals surface area contributed by atoms with Crippen molar-refractivity contribution in [1.29, 1.82) is 0 Å². The quantitative estimate of drug-likeness (QED) is 0.174. The predicted molar refractivity (Wildman–Crippen MR) is 154 cm³/mol. The van der Waals surface area contributed by atoms with Crippen molar-refractivity contribution in [3.8, 4) is 5.75 Å². The van der Waals surface area contributed by atoms with E-state index in [4.69, 9.17) is 9.72 Å². The molecule has 0 saturated heterocycles. The van der Waals surface area contributed by atoms with Gasteiger partial charge in [-0.25, -0.2) is 9.78 Å². The summed E-state index contributed by atoms with van der Waals surface area (Å²) >= 11 is 1.57. The Morgan fingerprint density at radius 3 is 2.50 bits per heavy atom. The molecule has 0 aliphatic carbocycles. The number of anilines is 1. The van der Waals surface area contributed by atoms with Crippen LogP contribution in [0.2, 0.25) is 0 Å². The number of carbonyl (C=O) groups is 1. The number of rotatable bonds is 12. The normalized spacial score (nSPS) is 11.8. The highest BCUT2D eigenvalue weighted by molar-refractivity contribution is 7.15. The van der Waals surface area contributed by atoms with Crippen LogP contribution in [0.1, 0.15) is 58.7 Å². The molecule has 0 aliphatic heterocycles. The van der Waals surface area contributed by atoms with Crippen molar-refractivity contribution in [1.82, 2.24) is 4.98 Å². The number of carboxylic acid groups (broad SMARTS) is 1. The van der Waals surface area contributed by atoms with Gasteiger partial charge in [0.25, 0.3) is 0 Å². The molecule has 0 spiro atoms. The van der Waals surface area contributed by atoms with E-state index >= 15 is 0 Å². The van der Waals surface area contributed by atoms with E-state index in [9.17, 15) is 23.1 Å². The molecular weight excluding hydrogens is 537 g/mol. The number of fused-ring (bicyclic) bond motifs is 1. The van der Waals surface area contributed by atoms with Crippen LogP contribution in [0.25, 0.3) is 16.8 Å². The molecule has 1 N–H and O–H groups in total. The van der Waals surface area contributed by atoms with Crippen molar-refractivity contribution in [2.24, 2.45) is 0 Å². The van der Waals surface area contributed by atoms with Crippen molar-refractivity contribution in [3.63, 3.8) is 0 Å². The van der Waals surface area contributed by atoms with E-state index in [1.807, 2.05) is 35.2 Å². The Balaban J connectivity index is 1.55. The molecule has 0 bridgehead atoms. The number of ether oxygens (including phenoxy) is 1. The summed E-state index contributed by atoms with van der Waals surface area (Å²) in [6.45, 7) is 5.27. The second-order valence-corrected chi connectivity index (χ2v) is 10.3. The second kappa shape index (κ2) is 13.0. The monoisotopic (exact) mass is 568 g/mol. The van der Waals surface area contributed by atoms with E-state index in [1.165, 1.54) is 12.1 Å². The fourth-order valence-corrected chi connectivity index (χ4v) is 5.37. The number of hydrogen-bond acceptors (Lipinski definition) is 5. The van der Waals surface area contributed by atoms with Gasteiger partial charge in [-0.15, -0.1) is 11.3 Å². The van der Waals surface area contributed by atoms with Gasteiger partial charge in [-0.3, -0.25) is 0 Å². The zero-order valence-electron chi connectivity index (χ0n) is 22.4. The van der Waals surface area contributed by atoms with Gasteiger partial charge < -0.3 is 14.7 Å². The van der Waals surface area contributed by atoms with Crippen molar-refractivity contribution in [2.75, 3.05) is 18.1 Å². The molecule has 0 unspecified atom stereocenters. The molecule has 3 aromatic carbocycles. The number of aromatic nitrogens is 1. The molecule has 5 nitrogen and oxygen atoms in total. The van der Waals surface area contributed by atoms with E-state index < -0.39 is 17.7 Å². The highest BCUT2D eigenvalue weighted by atomic mass is 32.1. The van der Waals surface area contributed by atoms with Gasteiger partial charge >= 0.3 is 12.1 Å². The van der Waals surface area contributed by atoms with Crippen LogP contribution in [-0.2, 0) is 19.1 Å². The molecule has 0 amide bonds. The fraction of sp³-hybridized carbons (Fsp3) is 0.290. The Kier molecular flexibility index (Phi) is 9.47. The topological polar surface area (TPSA) is 62.7 Å².